The van der Waals surface area contributed by atoms with Gasteiger partial charge in [0.2, 0.25) is 0 Å². The van der Waals surface area contributed by atoms with Crippen molar-refractivity contribution < 1.29 is 23.9 Å². The molecular formula is C7H10N2O5. The molecule has 0 saturated heterocycles. The molecule has 0 bridgehead atoms. The van der Waals surface area contributed by atoms with E-state index in [0.717, 1.165) is 12.3 Å². The molecule has 0 spiro atoms. The molecule has 7 nitrogen and oxygen atoms in total. The molecule has 0 atom stereocenters. The van der Waals surface area contributed by atoms with Crippen LogP contribution in [0.4, 0.5) is 0 Å². The second-order valence-corrected chi connectivity index (χ2v) is 1.90. The van der Waals surface area contributed by atoms with Crippen LogP contribution in [0.1, 0.15) is 0 Å². The van der Waals surface area contributed by atoms with E-state index >= 15 is 0 Å². The molecule has 0 aliphatic heterocycles. The maximum atomic E-state index is 10.9. The predicted molar refractivity (Wildman–Crippen MR) is 45.9 cm³/mol. The van der Waals surface area contributed by atoms with Crippen LogP contribution in [0, 0.1) is 0 Å². The number of rotatable bonds is 3. The average molecular weight is 202 g/mol. The summed E-state index contributed by atoms with van der Waals surface area (Å²) >= 11 is 0. The first-order chi connectivity index (χ1) is 6.61. The second kappa shape index (κ2) is 6.46. The topological polar surface area (TPSA) is 100 Å². The summed E-state index contributed by atoms with van der Waals surface area (Å²) in [5.74, 6) is -2.48. The molecule has 0 heterocycles. The Hall–Kier alpha value is -2.05. The van der Waals surface area contributed by atoms with Crippen molar-refractivity contribution in [3.8, 4) is 0 Å². The Kier molecular flexibility index (Phi) is 5.52. The number of carbonyl (C=O) groups excluding carboxylic acids is 2. The molecule has 7 heteroatoms. The van der Waals surface area contributed by atoms with E-state index in [-0.39, 0.29) is 0 Å². The zero-order chi connectivity index (χ0) is 11.0. The summed E-state index contributed by atoms with van der Waals surface area (Å²) in [7, 11) is 2.53. The monoisotopic (exact) mass is 202 g/mol. The first kappa shape index (κ1) is 11.9. The highest BCUT2D eigenvalue weighted by atomic mass is 16.6. The summed E-state index contributed by atoms with van der Waals surface area (Å²) in [6.07, 6.45) is 2.03. The SMILES string of the molecule is COC=CC(=O)OC(=NOC)C(N)=O. The molecule has 0 saturated carbocycles. The Morgan fingerprint density at radius 2 is 2.00 bits per heavy atom. The fraction of sp³-hybridized carbons (Fsp3) is 0.286. The van der Waals surface area contributed by atoms with E-state index in [4.69, 9.17) is 5.73 Å². The minimum absolute atomic E-state index is 0.627. The number of amides is 1. The summed E-state index contributed by atoms with van der Waals surface area (Å²) in [5.41, 5.74) is 4.82. The van der Waals surface area contributed by atoms with Gasteiger partial charge in [0.25, 0.3) is 0 Å². The third-order valence-electron chi connectivity index (χ3n) is 0.922. The van der Waals surface area contributed by atoms with Crippen molar-refractivity contribution in [2.24, 2.45) is 10.9 Å². The Bertz CT molecular complexity index is 271. The molecule has 0 radical (unpaired) electrons. The molecule has 0 aliphatic carbocycles. The van der Waals surface area contributed by atoms with E-state index in [9.17, 15) is 9.59 Å². The molecule has 0 aromatic rings. The standard InChI is InChI=1S/C7H10N2O5/c1-12-4-3-5(10)14-7(6(8)11)9-13-2/h3-4H,1-2H3,(H2,8,11). The largest absolute Gasteiger partial charge is 0.504 e. The van der Waals surface area contributed by atoms with Gasteiger partial charge >= 0.3 is 17.8 Å². The number of carbonyl (C=O) groups is 2. The Morgan fingerprint density at radius 3 is 2.43 bits per heavy atom. The first-order valence-electron chi connectivity index (χ1n) is 3.44. The van der Waals surface area contributed by atoms with Crippen molar-refractivity contribution >= 4 is 17.8 Å². The fourth-order valence-corrected chi connectivity index (χ4v) is 0.450. The molecule has 0 fully saturated rings. The highest BCUT2D eigenvalue weighted by molar-refractivity contribution is 6.36. The number of nitrogens with zero attached hydrogens (tertiary/aromatic N) is 1. The summed E-state index contributed by atoms with van der Waals surface area (Å²) in [4.78, 5) is 25.7. The average Bonchev–Trinajstić information content (AvgIpc) is 2.14. The van der Waals surface area contributed by atoms with Crippen molar-refractivity contribution in [3.63, 3.8) is 0 Å². The van der Waals surface area contributed by atoms with Gasteiger partial charge in [0.15, 0.2) is 0 Å². The number of oxime groups is 1. The van der Waals surface area contributed by atoms with Gasteiger partial charge in [0, 0.05) is 0 Å². The van der Waals surface area contributed by atoms with Gasteiger partial charge in [-0.3, -0.25) is 4.79 Å². The van der Waals surface area contributed by atoms with Gasteiger partial charge in [-0.2, -0.15) is 0 Å². The van der Waals surface area contributed by atoms with E-state index < -0.39 is 17.8 Å². The number of hydrogen-bond donors (Lipinski definition) is 1. The molecular weight excluding hydrogens is 192 g/mol. The summed E-state index contributed by atoms with van der Waals surface area (Å²) < 4.78 is 8.84. The van der Waals surface area contributed by atoms with Crippen LogP contribution in [-0.2, 0) is 23.9 Å². The fourth-order valence-electron chi connectivity index (χ4n) is 0.450. The molecule has 2 N–H and O–H groups in total. The van der Waals surface area contributed by atoms with Gasteiger partial charge in [0.05, 0.1) is 19.4 Å². The smallest absolute Gasteiger partial charge is 0.340 e. The third-order valence-corrected chi connectivity index (χ3v) is 0.922. The molecule has 0 unspecified atom stereocenters. The lowest BCUT2D eigenvalue weighted by molar-refractivity contribution is -0.132. The van der Waals surface area contributed by atoms with E-state index in [1.807, 2.05) is 0 Å². The Morgan fingerprint density at radius 1 is 1.36 bits per heavy atom. The highest BCUT2D eigenvalue weighted by Gasteiger charge is 2.13. The minimum atomic E-state index is -1.01. The Labute approximate surface area is 80.1 Å². The minimum Gasteiger partial charge on any atom is -0.504 e. The van der Waals surface area contributed by atoms with E-state index in [1.165, 1.54) is 14.2 Å². The van der Waals surface area contributed by atoms with Crippen molar-refractivity contribution in [1.82, 2.24) is 0 Å². The second-order valence-electron chi connectivity index (χ2n) is 1.90. The maximum Gasteiger partial charge on any atom is 0.340 e. The lowest BCUT2D eigenvalue weighted by Crippen LogP contribution is -2.27. The van der Waals surface area contributed by atoms with Crippen molar-refractivity contribution in [1.29, 1.82) is 0 Å². The molecule has 0 aromatic carbocycles. The highest BCUT2D eigenvalue weighted by Crippen LogP contribution is 1.87. The molecule has 0 aliphatic rings. The maximum absolute atomic E-state index is 10.9. The molecule has 14 heavy (non-hydrogen) atoms. The number of primary amides is 1. The van der Waals surface area contributed by atoms with Crippen molar-refractivity contribution in [2.75, 3.05) is 14.2 Å². The first-order valence-corrected chi connectivity index (χ1v) is 3.44. The third kappa shape index (κ3) is 4.75. The van der Waals surface area contributed by atoms with Gasteiger partial charge in [-0.15, -0.1) is 0 Å². The summed E-state index contributed by atoms with van der Waals surface area (Å²) in [6, 6.07) is 0. The van der Waals surface area contributed by atoms with Crippen LogP contribution in [0.15, 0.2) is 17.5 Å². The number of ether oxygens (including phenoxy) is 2. The van der Waals surface area contributed by atoms with Crippen LogP contribution in [-0.4, -0.2) is 32.0 Å². The molecule has 0 aromatic heterocycles. The van der Waals surface area contributed by atoms with Gasteiger partial charge in [-0.1, -0.05) is 0 Å². The van der Waals surface area contributed by atoms with E-state index in [0.29, 0.717) is 0 Å². The van der Waals surface area contributed by atoms with Crippen LogP contribution in [0.5, 0.6) is 0 Å². The number of hydrogen-bond acceptors (Lipinski definition) is 6. The van der Waals surface area contributed by atoms with Gasteiger partial charge in [-0.05, 0) is 5.16 Å². The van der Waals surface area contributed by atoms with Gasteiger partial charge in [-0.25, -0.2) is 4.79 Å². The van der Waals surface area contributed by atoms with Gasteiger partial charge in [0.1, 0.15) is 7.11 Å². The van der Waals surface area contributed by atoms with Crippen LogP contribution in [0.3, 0.4) is 0 Å². The Balaban J connectivity index is 4.32. The zero-order valence-corrected chi connectivity index (χ0v) is 7.72. The lowest BCUT2D eigenvalue weighted by atomic mass is 10.6. The van der Waals surface area contributed by atoms with E-state index in [2.05, 4.69) is 19.5 Å². The number of methoxy groups -OCH3 is 1. The number of esters is 1. The van der Waals surface area contributed by atoms with Gasteiger partial charge < -0.3 is 20.0 Å². The van der Waals surface area contributed by atoms with Crippen LogP contribution in [0.2, 0.25) is 0 Å². The number of nitrogens with two attached hydrogens (primary N) is 1. The van der Waals surface area contributed by atoms with Crippen LogP contribution in [0.25, 0.3) is 0 Å². The van der Waals surface area contributed by atoms with Crippen LogP contribution < -0.4 is 5.73 Å². The van der Waals surface area contributed by atoms with E-state index in [1.54, 1.807) is 0 Å². The lowest BCUT2D eigenvalue weighted by Gasteiger charge is -1.99. The molecule has 0 rings (SSSR count). The zero-order valence-electron chi connectivity index (χ0n) is 7.72. The summed E-state index contributed by atoms with van der Waals surface area (Å²) in [5, 5.41) is 3.10. The van der Waals surface area contributed by atoms with Crippen molar-refractivity contribution in [2.45, 2.75) is 0 Å². The van der Waals surface area contributed by atoms with Crippen molar-refractivity contribution in [3.05, 3.63) is 12.3 Å². The molecule has 1 amide bonds. The quantitative estimate of drug-likeness (QED) is 0.160. The van der Waals surface area contributed by atoms with Crippen LogP contribution >= 0.6 is 0 Å². The molecule has 78 valence electrons. The summed E-state index contributed by atoms with van der Waals surface area (Å²) in [6.45, 7) is 0. The predicted octanol–water partition coefficient (Wildman–Crippen LogP) is -0.865. The normalized spacial score (nSPS) is 11.1.